The van der Waals surface area contributed by atoms with Gasteiger partial charge in [0, 0.05) is 6.42 Å². The van der Waals surface area contributed by atoms with Gasteiger partial charge in [-0.05, 0) is 23.8 Å². The third-order valence-corrected chi connectivity index (χ3v) is 3.48. The minimum Gasteiger partial charge on any atom is -0.395 e. The molecule has 0 unspecified atom stereocenters. The zero-order valence-electron chi connectivity index (χ0n) is 12.3. The van der Waals surface area contributed by atoms with E-state index in [1.165, 1.54) is 23.4 Å². The lowest BCUT2D eigenvalue weighted by atomic mass is 10.1. The van der Waals surface area contributed by atoms with Crippen molar-refractivity contribution in [2.75, 3.05) is 11.5 Å². The minimum atomic E-state index is -0.721. The van der Waals surface area contributed by atoms with Gasteiger partial charge >= 0.3 is 0 Å². The Balaban J connectivity index is 1.98. The first kappa shape index (κ1) is 15.2. The van der Waals surface area contributed by atoms with Crippen molar-refractivity contribution >= 4 is 17.7 Å². The first-order valence-electron chi connectivity index (χ1n) is 7.17. The molecule has 0 radical (unpaired) electrons. The fraction of sp³-hybridized carbons (Fsp3) is 0.167. The van der Waals surface area contributed by atoms with Gasteiger partial charge in [-0.15, -0.1) is 0 Å². The van der Waals surface area contributed by atoms with Crippen LogP contribution in [-0.2, 0) is 6.54 Å². The third kappa shape index (κ3) is 3.08. The quantitative estimate of drug-likeness (QED) is 0.863. The van der Waals surface area contributed by atoms with Gasteiger partial charge in [-0.3, -0.25) is 0 Å². The van der Waals surface area contributed by atoms with E-state index in [2.05, 4.69) is 16.8 Å². The van der Waals surface area contributed by atoms with Gasteiger partial charge < -0.3 is 10.0 Å². The van der Waals surface area contributed by atoms with E-state index in [1.54, 1.807) is 0 Å². The highest BCUT2D eigenvalue weighted by Gasteiger charge is 2.21. The highest BCUT2D eigenvalue weighted by molar-refractivity contribution is 5.85. The number of hydrogen-bond acceptors (Lipinski definition) is 3. The number of anilines is 1. The highest BCUT2D eigenvalue weighted by Crippen LogP contribution is 2.31. The summed E-state index contributed by atoms with van der Waals surface area (Å²) in [5.74, 6) is 3.87. The van der Waals surface area contributed by atoms with Gasteiger partial charge in [0.05, 0.1) is 30.7 Å². The van der Waals surface area contributed by atoms with E-state index < -0.39 is 11.6 Å². The fourth-order valence-electron chi connectivity index (χ4n) is 2.38. The van der Waals surface area contributed by atoms with Gasteiger partial charge in [-0.25, -0.2) is 13.8 Å². The number of halogens is 2. The number of benzene rings is 2. The smallest absolute Gasteiger partial charge is 0.165 e. The zero-order chi connectivity index (χ0) is 16.2. The number of rotatable bonds is 2. The van der Waals surface area contributed by atoms with Crippen LogP contribution in [0, 0.1) is 23.5 Å². The first-order valence-corrected chi connectivity index (χ1v) is 7.17. The molecule has 5 heteroatoms. The Labute approximate surface area is 132 Å². The lowest BCUT2D eigenvalue weighted by molar-refractivity contribution is 0.305. The predicted octanol–water partition coefficient (Wildman–Crippen LogP) is 3.38. The second kappa shape index (κ2) is 6.59. The largest absolute Gasteiger partial charge is 0.395 e. The summed E-state index contributed by atoms with van der Waals surface area (Å²) in [6, 6.07) is 9.95. The van der Waals surface area contributed by atoms with E-state index in [-0.39, 0.29) is 24.3 Å². The average molecular weight is 312 g/mol. The molecule has 3 nitrogen and oxygen atoms in total. The van der Waals surface area contributed by atoms with Crippen molar-refractivity contribution in [3.8, 4) is 11.8 Å². The molecule has 0 saturated heterocycles. The van der Waals surface area contributed by atoms with Crippen LogP contribution in [0.5, 0.6) is 0 Å². The summed E-state index contributed by atoms with van der Waals surface area (Å²) in [5.41, 5.74) is 1.62. The summed E-state index contributed by atoms with van der Waals surface area (Å²) in [7, 11) is 0. The van der Waals surface area contributed by atoms with Gasteiger partial charge in [0.1, 0.15) is 11.5 Å². The Morgan fingerprint density at radius 1 is 1.17 bits per heavy atom. The number of aliphatic hydroxyl groups is 1. The molecule has 0 aliphatic carbocycles. The van der Waals surface area contributed by atoms with E-state index in [0.29, 0.717) is 6.54 Å². The predicted molar refractivity (Wildman–Crippen MR) is 85.7 cm³/mol. The van der Waals surface area contributed by atoms with Crippen molar-refractivity contribution in [1.82, 2.24) is 0 Å². The minimum absolute atomic E-state index is 0.0990. The Morgan fingerprint density at radius 3 is 2.83 bits per heavy atom. The Bertz CT molecular complexity index is 822. The fourth-order valence-corrected chi connectivity index (χ4v) is 2.38. The SMILES string of the molecule is OCCC#Cc1ccc(F)c(N2C=Nc3ccccc3C2)c1F. The molecule has 1 heterocycles. The van der Waals surface area contributed by atoms with Crippen LogP contribution < -0.4 is 4.90 Å². The second-order valence-electron chi connectivity index (χ2n) is 5.03. The molecule has 1 aliphatic heterocycles. The van der Waals surface area contributed by atoms with E-state index in [0.717, 1.165) is 11.3 Å². The zero-order valence-corrected chi connectivity index (χ0v) is 12.3. The molecule has 116 valence electrons. The van der Waals surface area contributed by atoms with Crippen LogP contribution in [-0.4, -0.2) is 18.1 Å². The highest BCUT2D eigenvalue weighted by atomic mass is 19.1. The molecule has 0 atom stereocenters. The van der Waals surface area contributed by atoms with Crippen molar-refractivity contribution in [3.63, 3.8) is 0 Å². The van der Waals surface area contributed by atoms with Crippen LogP contribution in [0.1, 0.15) is 17.5 Å². The molecule has 2 aromatic rings. The summed E-state index contributed by atoms with van der Waals surface area (Å²) in [4.78, 5) is 5.67. The van der Waals surface area contributed by atoms with Gasteiger partial charge in [0.25, 0.3) is 0 Å². The van der Waals surface area contributed by atoms with Crippen LogP contribution >= 0.6 is 0 Å². The van der Waals surface area contributed by atoms with Crippen LogP contribution in [0.25, 0.3) is 0 Å². The lowest BCUT2D eigenvalue weighted by Gasteiger charge is -2.25. The molecule has 0 saturated carbocycles. The Hall–Kier alpha value is -2.71. The molecule has 2 aromatic carbocycles. The summed E-state index contributed by atoms with van der Waals surface area (Å²) in [5, 5.41) is 8.73. The van der Waals surface area contributed by atoms with Crippen LogP contribution in [0.3, 0.4) is 0 Å². The Kier molecular flexibility index (Phi) is 4.35. The number of fused-ring (bicyclic) bond motifs is 1. The van der Waals surface area contributed by atoms with E-state index in [1.807, 2.05) is 24.3 Å². The lowest BCUT2D eigenvalue weighted by Crippen LogP contribution is -2.25. The van der Waals surface area contributed by atoms with Gasteiger partial charge in [0.2, 0.25) is 0 Å². The van der Waals surface area contributed by atoms with Crippen molar-refractivity contribution in [2.45, 2.75) is 13.0 Å². The summed E-state index contributed by atoms with van der Waals surface area (Å²) >= 11 is 0. The number of hydrogen-bond donors (Lipinski definition) is 1. The molecule has 1 aliphatic rings. The summed E-state index contributed by atoms with van der Waals surface area (Å²) < 4.78 is 28.8. The second-order valence-corrected chi connectivity index (χ2v) is 5.03. The van der Waals surface area contributed by atoms with Crippen LogP contribution in [0.4, 0.5) is 20.2 Å². The van der Waals surface area contributed by atoms with Crippen LogP contribution in [0.2, 0.25) is 0 Å². The maximum atomic E-state index is 14.6. The van der Waals surface area contributed by atoms with Crippen LogP contribution in [0.15, 0.2) is 41.4 Å². The number of para-hydroxylation sites is 1. The molecular formula is C18H14F2N2O. The molecule has 3 rings (SSSR count). The third-order valence-electron chi connectivity index (χ3n) is 3.48. The Morgan fingerprint density at radius 2 is 2.00 bits per heavy atom. The molecule has 0 spiro atoms. The van der Waals surface area contributed by atoms with Crippen molar-refractivity contribution in [3.05, 3.63) is 59.2 Å². The topological polar surface area (TPSA) is 35.8 Å². The average Bonchev–Trinajstić information content (AvgIpc) is 2.57. The van der Waals surface area contributed by atoms with Gasteiger partial charge in [-0.1, -0.05) is 30.0 Å². The van der Waals surface area contributed by atoms with E-state index in [9.17, 15) is 8.78 Å². The van der Waals surface area contributed by atoms with Crippen molar-refractivity contribution < 1.29 is 13.9 Å². The monoisotopic (exact) mass is 312 g/mol. The van der Waals surface area contributed by atoms with Crippen molar-refractivity contribution in [2.24, 2.45) is 4.99 Å². The molecule has 0 fully saturated rings. The number of nitrogens with zero attached hydrogens (tertiary/aromatic N) is 2. The molecule has 23 heavy (non-hydrogen) atoms. The molecular weight excluding hydrogens is 298 g/mol. The molecule has 0 aromatic heterocycles. The number of aliphatic imine (C=N–C) groups is 1. The van der Waals surface area contributed by atoms with E-state index in [4.69, 9.17) is 5.11 Å². The normalized spacial score (nSPS) is 12.6. The summed E-state index contributed by atoms with van der Waals surface area (Å²) in [6.45, 7) is 0.235. The standard InChI is InChI=1S/C18H14F2N2O/c19-15-9-8-13(5-3-4-10-23)17(20)18(15)22-11-14-6-1-2-7-16(14)21-12-22/h1-2,6-9,12,23H,4,10-11H2. The van der Waals surface area contributed by atoms with Gasteiger partial charge in [-0.2, -0.15) is 0 Å². The van der Waals surface area contributed by atoms with E-state index >= 15 is 0 Å². The first-order chi connectivity index (χ1) is 11.2. The molecule has 0 amide bonds. The maximum absolute atomic E-state index is 14.6. The summed E-state index contributed by atoms with van der Waals surface area (Å²) in [6.07, 6.45) is 1.67. The van der Waals surface area contributed by atoms with Gasteiger partial charge in [0.15, 0.2) is 5.82 Å². The molecule has 0 bridgehead atoms. The molecule has 1 N–H and O–H groups in total. The van der Waals surface area contributed by atoms with Crippen molar-refractivity contribution in [1.29, 1.82) is 0 Å². The maximum Gasteiger partial charge on any atom is 0.165 e. The number of aliphatic hydroxyl groups excluding tert-OH is 1.